The first kappa shape index (κ1) is 15.3. The Morgan fingerprint density at radius 2 is 2.35 bits per heavy atom. The maximum absolute atomic E-state index is 12.7. The van der Waals surface area contributed by atoms with E-state index < -0.39 is 0 Å². The summed E-state index contributed by atoms with van der Waals surface area (Å²) in [6.07, 6.45) is 5.37. The number of carbonyl (C=O) groups is 1. The number of anilines is 1. The lowest BCUT2D eigenvalue weighted by atomic mass is 9.97. The second-order valence-electron chi connectivity index (χ2n) is 5.25. The minimum atomic E-state index is 0.0961. The summed E-state index contributed by atoms with van der Waals surface area (Å²) in [5, 5.41) is 0.471. The third-order valence-corrected chi connectivity index (χ3v) is 4.76. The van der Waals surface area contributed by atoms with Gasteiger partial charge in [-0.15, -0.1) is 0 Å². The summed E-state index contributed by atoms with van der Waals surface area (Å²) in [4.78, 5) is 19.6. The molecule has 0 radical (unpaired) electrons. The van der Waals surface area contributed by atoms with Gasteiger partial charge in [-0.3, -0.25) is 4.79 Å². The van der Waals surface area contributed by atoms with Crippen molar-refractivity contribution in [2.75, 3.05) is 26.0 Å². The number of rotatable bonds is 5. The van der Waals surface area contributed by atoms with Crippen LogP contribution >= 0.6 is 11.3 Å². The number of aryl methyl sites for hydroxylation is 1. The Bertz CT molecular complexity index is 461. The maximum Gasteiger partial charge on any atom is 0.266 e. The SMILES string of the molecule is COCCCC1CCCCN1C(=O)c1sc(N)nc1C. The minimum Gasteiger partial charge on any atom is -0.385 e. The maximum atomic E-state index is 12.7. The van der Waals surface area contributed by atoms with Gasteiger partial charge in [-0.25, -0.2) is 4.98 Å². The van der Waals surface area contributed by atoms with Gasteiger partial charge in [0.05, 0.1) is 5.69 Å². The number of hydrogen-bond donors (Lipinski definition) is 1. The summed E-state index contributed by atoms with van der Waals surface area (Å²) in [7, 11) is 1.72. The molecule has 1 aliphatic heterocycles. The highest BCUT2D eigenvalue weighted by Gasteiger charge is 2.29. The average Bonchev–Trinajstić information content (AvgIpc) is 2.78. The van der Waals surface area contributed by atoms with Crippen LogP contribution in [0.5, 0.6) is 0 Å². The van der Waals surface area contributed by atoms with Crippen molar-refractivity contribution in [3.8, 4) is 0 Å². The summed E-state index contributed by atoms with van der Waals surface area (Å²) in [5.41, 5.74) is 6.45. The van der Waals surface area contributed by atoms with Gasteiger partial charge >= 0.3 is 0 Å². The van der Waals surface area contributed by atoms with Gasteiger partial charge in [0.1, 0.15) is 4.88 Å². The zero-order chi connectivity index (χ0) is 14.5. The fourth-order valence-electron chi connectivity index (χ4n) is 2.78. The van der Waals surface area contributed by atoms with Gasteiger partial charge in [-0.2, -0.15) is 0 Å². The molecule has 2 N–H and O–H groups in total. The zero-order valence-electron chi connectivity index (χ0n) is 12.2. The number of hydrogen-bond acceptors (Lipinski definition) is 5. The van der Waals surface area contributed by atoms with Crippen LogP contribution in [0.1, 0.15) is 47.5 Å². The lowest BCUT2D eigenvalue weighted by Crippen LogP contribution is -2.43. The number of nitrogen functional groups attached to an aromatic ring is 1. The van der Waals surface area contributed by atoms with Crippen molar-refractivity contribution in [2.45, 2.75) is 45.1 Å². The van der Waals surface area contributed by atoms with E-state index in [0.717, 1.165) is 44.5 Å². The molecule has 1 aromatic rings. The van der Waals surface area contributed by atoms with E-state index in [0.29, 0.717) is 16.1 Å². The molecule has 1 amide bonds. The van der Waals surface area contributed by atoms with E-state index in [1.807, 2.05) is 11.8 Å². The van der Waals surface area contributed by atoms with Crippen molar-refractivity contribution in [2.24, 2.45) is 0 Å². The molecule has 1 atom stereocenters. The number of methoxy groups -OCH3 is 1. The van der Waals surface area contributed by atoms with E-state index >= 15 is 0 Å². The topological polar surface area (TPSA) is 68.5 Å². The summed E-state index contributed by atoms with van der Waals surface area (Å²) in [6, 6.07) is 0.328. The smallest absolute Gasteiger partial charge is 0.266 e. The van der Waals surface area contributed by atoms with Gasteiger partial charge in [0.15, 0.2) is 5.13 Å². The molecule has 1 unspecified atom stereocenters. The average molecular weight is 297 g/mol. The van der Waals surface area contributed by atoms with Crippen molar-refractivity contribution in [3.05, 3.63) is 10.6 Å². The largest absolute Gasteiger partial charge is 0.385 e. The van der Waals surface area contributed by atoms with E-state index in [2.05, 4.69) is 4.98 Å². The molecule has 2 rings (SSSR count). The first-order chi connectivity index (χ1) is 9.63. The Kier molecular flexibility index (Phi) is 5.37. The Balaban J connectivity index is 2.07. The van der Waals surface area contributed by atoms with Crippen LogP contribution in [0, 0.1) is 6.92 Å². The molecule has 0 aromatic carbocycles. The lowest BCUT2D eigenvalue weighted by Gasteiger charge is -2.35. The van der Waals surface area contributed by atoms with Crippen LogP contribution in [0.15, 0.2) is 0 Å². The van der Waals surface area contributed by atoms with Gasteiger partial charge in [0.2, 0.25) is 0 Å². The van der Waals surface area contributed by atoms with Gasteiger partial charge in [0.25, 0.3) is 5.91 Å². The summed E-state index contributed by atoms with van der Waals surface area (Å²) in [5.74, 6) is 0.0961. The van der Waals surface area contributed by atoms with Crippen LogP contribution in [0.25, 0.3) is 0 Å². The van der Waals surface area contributed by atoms with E-state index in [9.17, 15) is 4.79 Å². The molecule has 112 valence electrons. The predicted octanol–water partition coefficient (Wildman–Crippen LogP) is 2.46. The van der Waals surface area contributed by atoms with Gasteiger partial charge in [0, 0.05) is 26.3 Å². The molecule has 2 heterocycles. The number of nitrogens with two attached hydrogens (primary N) is 1. The standard InChI is InChI=1S/C14H23N3O2S/c1-10-12(20-14(15)16-10)13(18)17-8-4-3-6-11(17)7-5-9-19-2/h11H,3-9H2,1-2H3,(H2,15,16). The predicted molar refractivity (Wildman–Crippen MR) is 81.0 cm³/mol. The van der Waals surface area contributed by atoms with Crippen LogP contribution in [-0.4, -0.2) is 42.1 Å². The molecule has 0 spiro atoms. The van der Waals surface area contributed by atoms with E-state index in [-0.39, 0.29) is 5.91 Å². The Labute approximate surface area is 124 Å². The van der Waals surface area contributed by atoms with E-state index in [4.69, 9.17) is 10.5 Å². The molecular weight excluding hydrogens is 274 g/mol. The van der Waals surface area contributed by atoms with Gasteiger partial charge < -0.3 is 15.4 Å². The molecular formula is C14H23N3O2S. The molecule has 1 saturated heterocycles. The van der Waals surface area contributed by atoms with Crippen LogP contribution in [0.2, 0.25) is 0 Å². The second kappa shape index (κ2) is 7.04. The number of aromatic nitrogens is 1. The fourth-order valence-corrected chi connectivity index (χ4v) is 3.57. The number of thiazole rings is 1. The molecule has 1 aromatic heterocycles. The number of likely N-dealkylation sites (tertiary alicyclic amines) is 1. The number of carbonyl (C=O) groups excluding carboxylic acids is 1. The van der Waals surface area contributed by atoms with E-state index in [1.165, 1.54) is 17.8 Å². The molecule has 5 nitrogen and oxygen atoms in total. The van der Waals surface area contributed by atoms with Crippen molar-refractivity contribution in [1.29, 1.82) is 0 Å². The molecule has 0 bridgehead atoms. The van der Waals surface area contributed by atoms with Crippen molar-refractivity contribution in [3.63, 3.8) is 0 Å². The monoisotopic (exact) mass is 297 g/mol. The highest BCUT2D eigenvalue weighted by atomic mass is 32.1. The Morgan fingerprint density at radius 1 is 1.55 bits per heavy atom. The van der Waals surface area contributed by atoms with Gasteiger partial charge in [-0.05, 0) is 39.0 Å². The highest BCUT2D eigenvalue weighted by molar-refractivity contribution is 7.17. The molecule has 20 heavy (non-hydrogen) atoms. The first-order valence-corrected chi connectivity index (χ1v) is 7.98. The third kappa shape index (κ3) is 3.49. The normalized spacial score (nSPS) is 19.3. The number of ether oxygens (including phenoxy) is 1. The van der Waals surface area contributed by atoms with Gasteiger partial charge in [-0.1, -0.05) is 11.3 Å². The van der Waals surface area contributed by atoms with Crippen LogP contribution in [-0.2, 0) is 4.74 Å². The highest BCUT2D eigenvalue weighted by Crippen LogP contribution is 2.27. The minimum absolute atomic E-state index is 0.0961. The second-order valence-corrected chi connectivity index (χ2v) is 6.28. The molecule has 1 aliphatic rings. The molecule has 0 aliphatic carbocycles. The number of nitrogens with zero attached hydrogens (tertiary/aromatic N) is 2. The van der Waals surface area contributed by atoms with Crippen molar-refractivity contribution in [1.82, 2.24) is 9.88 Å². The summed E-state index contributed by atoms with van der Waals surface area (Å²) >= 11 is 1.30. The lowest BCUT2D eigenvalue weighted by molar-refractivity contribution is 0.0589. The van der Waals surface area contributed by atoms with Crippen LogP contribution < -0.4 is 5.73 Å². The van der Waals surface area contributed by atoms with Crippen molar-refractivity contribution < 1.29 is 9.53 Å². The molecule has 1 fully saturated rings. The third-order valence-electron chi connectivity index (χ3n) is 3.78. The Morgan fingerprint density at radius 3 is 3.00 bits per heavy atom. The zero-order valence-corrected chi connectivity index (χ0v) is 13.0. The van der Waals surface area contributed by atoms with E-state index in [1.54, 1.807) is 7.11 Å². The summed E-state index contributed by atoms with van der Waals surface area (Å²) < 4.78 is 5.11. The van der Waals surface area contributed by atoms with Crippen LogP contribution in [0.3, 0.4) is 0 Å². The number of piperidine rings is 1. The van der Waals surface area contributed by atoms with Crippen LogP contribution in [0.4, 0.5) is 5.13 Å². The van der Waals surface area contributed by atoms with Crippen molar-refractivity contribution >= 4 is 22.4 Å². The molecule has 0 saturated carbocycles. The quantitative estimate of drug-likeness (QED) is 0.848. The first-order valence-electron chi connectivity index (χ1n) is 7.16. The Hall–Kier alpha value is -1.14. The summed E-state index contributed by atoms with van der Waals surface area (Å²) in [6.45, 7) is 3.45. The fraction of sp³-hybridized carbons (Fsp3) is 0.714. The molecule has 6 heteroatoms. The number of amides is 1.